The summed E-state index contributed by atoms with van der Waals surface area (Å²) in [6.07, 6.45) is 0. The second kappa shape index (κ2) is 7.42. The zero-order chi connectivity index (χ0) is 20.8. The van der Waals surface area contributed by atoms with E-state index in [1.807, 2.05) is 26.0 Å². The van der Waals surface area contributed by atoms with Crippen molar-refractivity contribution >= 4 is 34.5 Å². The number of benzene rings is 1. The lowest BCUT2D eigenvalue weighted by Gasteiger charge is -2.27. The number of thiophene rings is 1. The number of hydrogen-bond donors (Lipinski definition) is 2. The maximum atomic E-state index is 13.4. The number of Topliss-reactive ketones (excluding diaryl/α,β-unsaturated/α-hetero) is 1. The Bertz CT molecular complexity index is 1110. The van der Waals surface area contributed by atoms with Gasteiger partial charge >= 0.3 is 6.03 Å². The van der Waals surface area contributed by atoms with Crippen molar-refractivity contribution in [2.24, 2.45) is 10.2 Å². The zero-order valence-corrected chi connectivity index (χ0v) is 17.5. The molecule has 154 valence electrons. The molecule has 9 heteroatoms. The highest BCUT2D eigenvalue weighted by molar-refractivity contribution is 7.12. The van der Waals surface area contributed by atoms with Crippen LogP contribution in [-0.4, -0.2) is 43.1 Å². The Kier molecular flexibility index (Phi) is 4.73. The third kappa shape index (κ3) is 3.15. The summed E-state index contributed by atoms with van der Waals surface area (Å²) < 4.78 is 5.29. The number of rotatable bonds is 3. The average Bonchev–Trinajstić information content (AvgIpc) is 3.37. The lowest BCUT2D eigenvalue weighted by atomic mass is 10.0. The largest absolute Gasteiger partial charge is 0.379 e. The molecular weight excluding hydrogens is 402 g/mol. The van der Waals surface area contributed by atoms with Crippen molar-refractivity contribution in [3.63, 3.8) is 0 Å². The van der Waals surface area contributed by atoms with Gasteiger partial charge in [-0.1, -0.05) is 12.1 Å². The fraction of sp³-hybridized carbons (Fsp3) is 0.333. The van der Waals surface area contributed by atoms with Crippen LogP contribution in [0, 0.1) is 13.8 Å². The number of amides is 2. The number of carbonyl (C=O) groups excluding carboxylic acids is 2. The minimum Gasteiger partial charge on any atom is -0.379 e. The molecule has 1 unspecified atom stereocenters. The third-order valence-electron chi connectivity index (χ3n) is 5.48. The second-order valence-corrected chi connectivity index (χ2v) is 8.93. The SMILES string of the molecule is Cc1cc(C2=C3C(=O)c4c(NC(=O)NN5CCOCC5)cccc4C3N=N2)c(C)s1. The van der Waals surface area contributed by atoms with Crippen molar-refractivity contribution in [2.75, 3.05) is 31.6 Å². The minimum atomic E-state index is -0.411. The number of morpholine rings is 1. The van der Waals surface area contributed by atoms with E-state index in [-0.39, 0.29) is 11.8 Å². The van der Waals surface area contributed by atoms with Gasteiger partial charge in [-0.15, -0.1) is 11.3 Å². The van der Waals surface area contributed by atoms with Gasteiger partial charge in [-0.05, 0) is 31.5 Å². The number of ketones is 1. The van der Waals surface area contributed by atoms with E-state index in [9.17, 15) is 9.59 Å². The summed E-state index contributed by atoms with van der Waals surface area (Å²) in [7, 11) is 0. The van der Waals surface area contributed by atoms with Gasteiger partial charge in [0.05, 0.1) is 30.0 Å². The van der Waals surface area contributed by atoms with Gasteiger partial charge in [0.1, 0.15) is 11.7 Å². The molecule has 1 aromatic heterocycles. The Hall–Kier alpha value is -2.88. The van der Waals surface area contributed by atoms with Crippen LogP contribution in [0.25, 0.3) is 5.70 Å². The number of nitrogens with zero attached hydrogens (tertiary/aromatic N) is 3. The van der Waals surface area contributed by atoms with Gasteiger partial charge in [0.15, 0.2) is 5.78 Å². The average molecular weight is 423 g/mol. The molecule has 3 heterocycles. The summed E-state index contributed by atoms with van der Waals surface area (Å²) in [6, 6.07) is 6.71. The van der Waals surface area contributed by atoms with Crippen LogP contribution in [0.2, 0.25) is 0 Å². The highest BCUT2D eigenvalue weighted by Crippen LogP contribution is 2.49. The molecule has 0 bridgehead atoms. The maximum absolute atomic E-state index is 13.4. The first-order valence-electron chi connectivity index (χ1n) is 9.83. The molecule has 2 aromatic rings. The standard InChI is InChI=1S/C21H21N5O3S/c1-11-10-14(12(2)30-11)19-17-18(23-24-19)13-4-3-5-15(16(13)20(17)27)22-21(28)25-26-6-8-29-9-7-26/h3-5,10,18H,6-9H2,1-2H3,(H2,22,25,28). The smallest absolute Gasteiger partial charge is 0.333 e. The number of ether oxygens (including phenoxy) is 1. The van der Waals surface area contributed by atoms with Gasteiger partial charge in [-0.25, -0.2) is 9.80 Å². The Morgan fingerprint density at radius 1 is 1.27 bits per heavy atom. The Morgan fingerprint density at radius 2 is 2.07 bits per heavy atom. The van der Waals surface area contributed by atoms with Crippen molar-refractivity contribution in [1.82, 2.24) is 10.4 Å². The maximum Gasteiger partial charge on any atom is 0.333 e. The predicted molar refractivity (Wildman–Crippen MR) is 114 cm³/mol. The molecule has 5 rings (SSSR count). The quantitative estimate of drug-likeness (QED) is 0.784. The number of anilines is 1. The number of urea groups is 1. The Morgan fingerprint density at radius 3 is 2.80 bits per heavy atom. The number of aryl methyl sites for hydroxylation is 2. The molecular formula is C21H21N5O3S. The van der Waals surface area contributed by atoms with Gasteiger partial charge in [-0.2, -0.15) is 10.2 Å². The van der Waals surface area contributed by atoms with E-state index in [0.717, 1.165) is 16.0 Å². The van der Waals surface area contributed by atoms with E-state index in [2.05, 4.69) is 27.0 Å². The van der Waals surface area contributed by atoms with Crippen LogP contribution in [0.1, 0.15) is 37.3 Å². The van der Waals surface area contributed by atoms with Crippen molar-refractivity contribution in [1.29, 1.82) is 0 Å². The van der Waals surface area contributed by atoms with E-state index in [4.69, 9.17) is 4.74 Å². The highest BCUT2D eigenvalue weighted by atomic mass is 32.1. The molecule has 1 aliphatic carbocycles. The number of hydrogen-bond acceptors (Lipinski definition) is 7. The first-order chi connectivity index (χ1) is 14.5. The summed E-state index contributed by atoms with van der Waals surface area (Å²) in [5.41, 5.74) is 6.76. The van der Waals surface area contributed by atoms with E-state index < -0.39 is 6.04 Å². The van der Waals surface area contributed by atoms with Crippen LogP contribution in [-0.2, 0) is 4.74 Å². The normalized spacial score (nSPS) is 20.5. The fourth-order valence-electron chi connectivity index (χ4n) is 4.13. The zero-order valence-electron chi connectivity index (χ0n) is 16.7. The Balaban J connectivity index is 1.45. The molecule has 30 heavy (non-hydrogen) atoms. The Labute approximate surface area is 177 Å². The van der Waals surface area contributed by atoms with E-state index in [1.54, 1.807) is 22.4 Å². The van der Waals surface area contributed by atoms with E-state index >= 15 is 0 Å². The summed E-state index contributed by atoms with van der Waals surface area (Å²) in [5.74, 6) is -0.125. The summed E-state index contributed by atoms with van der Waals surface area (Å²) in [4.78, 5) is 28.2. The molecule has 0 saturated carbocycles. The van der Waals surface area contributed by atoms with Crippen molar-refractivity contribution in [3.05, 3.63) is 56.3 Å². The van der Waals surface area contributed by atoms with Gasteiger partial charge in [-0.3, -0.25) is 10.2 Å². The van der Waals surface area contributed by atoms with Crippen LogP contribution in [0.4, 0.5) is 10.5 Å². The minimum absolute atomic E-state index is 0.125. The monoisotopic (exact) mass is 423 g/mol. The number of carbonyl (C=O) groups is 2. The lowest BCUT2D eigenvalue weighted by molar-refractivity contribution is 0.0207. The first-order valence-corrected chi connectivity index (χ1v) is 10.6. The van der Waals surface area contributed by atoms with Crippen LogP contribution in [0.15, 0.2) is 40.1 Å². The van der Waals surface area contributed by atoms with E-state index in [0.29, 0.717) is 48.8 Å². The topological polar surface area (TPSA) is 95.4 Å². The molecule has 8 nitrogen and oxygen atoms in total. The second-order valence-electron chi connectivity index (χ2n) is 7.47. The van der Waals surface area contributed by atoms with Crippen molar-refractivity contribution in [3.8, 4) is 0 Å². The molecule has 1 saturated heterocycles. The molecule has 1 fully saturated rings. The van der Waals surface area contributed by atoms with Gasteiger partial charge in [0.2, 0.25) is 0 Å². The van der Waals surface area contributed by atoms with Crippen LogP contribution >= 0.6 is 11.3 Å². The van der Waals surface area contributed by atoms with Gasteiger partial charge < -0.3 is 10.1 Å². The summed E-state index contributed by atoms with van der Waals surface area (Å²) in [5, 5.41) is 13.4. The molecule has 1 atom stereocenters. The number of nitrogens with one attached hydrogen (secondary N) is 2. The van der Waals surface area contributed by atoms with Crippen molar-refractivity contribution < 1.29 is 14.3 Å². The molecule has 2 aliphatic heterocycles. The van der Waals surface area contributed by atoms with Crippen LogP contribution < -0.4 is 10.7 Å². The molecule has 2 amide bonds. The number of hydrazine groups is 1. The molecule has 0 spiro atoms. The number of azo groups is 1. The molecule has 3 aliphatic rings. The van der Waals surface area contributed by atoms with Gasteiger partial charge in [0.25, 0.3) is 0 Å². The molecule has 2 N–H and O–H groups in total. The summed E-state index contributed by atoms with van der Waals surface area (Å²) in [6.45, 7) is 6.46. The highest BCUT2D eigenvalue weighted by Gasteiger charge is 2.42. The van der Waals surface area contributed by atoms with Gasteiger partial charge in [0, 0.05) is 28.4 Å². The number of fused-ring (bicyclic) bond motifs is 3. The predicted octanol–water partition coefficient (Wildman–Crippen LogP) is 3.85. The first kappa shape index (κ1) is 19.1. The molecule has 0 radical (unpaired) electrons. The van der Waals surface area contributed by atoms with Crippen LogP contribution in [0.5, 0.6) is 0 Å². The van der Waals surface area contributed by atoms with Crippen LogP contribution in [0.3, 0.4) is 0 Å². The van der Waals surface area contributed by atoms with Crippen molar-refractivity contribution in [2.45, 2.75) is 19.9 Å². The fourth-order valence-corrected chi connectivity index (χ4v) is 5.06. The van der Waals surface area contributed by atoms with E-state index in [1.165, 1.54) is 4.88 Å². The molecule has 1 aromatic carbocycles. The summed E-state index contributed by atoms with van der Waals surface area (Å²) >= 11 is 1.68. The lowest BCUT2D eigenvalue weighted by Crippen LogP contribution is -2.49. The third-order valence-corrected chi connectivity index (χ3v) is 6.45.